The van der Waals surface area contributed by atoms with E-state index in [1.165, 1.54) is 0 Å². The Kier molecular flexibility index (Phi) is 5.65. The minimum atomic E-state index is -0.301. The molecule has 3 rings (SSSR count). The zero-order chi connectivity index (χ0) is 17.8. The molecule has 2 heterocycles. The molecular weight excluding hydrogens is 324 g/mol. The Bertz CT molecular complexity index is 507. The van der Waals surface area contributed by atoms with Crippen LogP contribution in [0.15, 0.2) is 0 Å². The zero-order valence-electron chi connectivity index (χ0n) is 14.9. The van der Waals surface area contributed by atoms with Crippen molar-refractivity contribution in [3.05, 3.63) is 0 Å². The summed E-state index contributed by atoms with van der Waals surface area (Å²) < 4.78 is 5.00. The Morgan fingerprint density at radius 3 is 2.04 bits per heavy atom. The van der Waals surface area contributed by atoms with E-state index in [-0.39, 0.29) is 23.9 Å². The minimum Gasteiger partial charge on any atom is -0.450 e. The van der Waals surface area contributed by atoms with Crippen molar-refractivity contribution in [2.45, 2.75) is 38.6 Å². The van der Waals surface area contributed by atoms with Crippen LogP contribution in [-0.2, 0) is 9.53 Å². The molecule has 8 nitrogen and oxygen atoms in total. The van der Waals surface area contributed by atoms with E-state index in [1.54, 1.807) is 11.8 Å². The van der Waals surface area contributed by atoms with Crippen LogP contribution in [0.2, 0.25) is 0 Å². The molecule has 1 aliphatic carbocycles. The summed E-state index contributed by atoms with van der Waals surface area (Å²) in [6, 6.07) is 0.374. The Morgan fingerprint density at radius 2 is 1.48 bits per heavy atom. The third-order valence-corrected chi connectivity index (χ3v) is 5.15. The van der Waals surface area contributed by atoms with Gasteiger partial charge in [-0.05, 0) is 32.6 Å². The van der Waals surface area contributed by atoms with Crippen molar-refractivity contribution in [3.8, 4) is 0 Å². The molecule has 0 aromatic heterocycles. The molecule has 0 bridgehead atoms. The molecule has 1 saturated carbocycles. The first-order valence-electron chi connectivity index (χ1n) is 9.34. The summed E-state index contributed by atoms with van der Waals surface area (Å²) in [6.45, 7) is 5.58. The largest absolute Gasteiger partial charge is 0.450 e. The number of ether oxygens (including phenoxy) is 1. The van der Waals surface area contributed by atoms with Gasteiger partial charge in [0.15, 0.2) is 0 Å². The van der Waals surface area contributed by atoms with Crippen LogP contribution in [0.4, 0.5) is 9.59 Å². The number of likely N-dealkylation sites (tertiary alicyclic amines) is 1. The second-order valence-corrected chi connectivity index (χ2v) is 7.00. The maximum atomic E-state index is 12.7. The van der Waals surface area contributed by atoms with Gasteiger partial charge < -0.3 is 24.8 Å². The van der Waals surface area contributed by atoms with Gasteiger partial charge in [0.05, 0.1) is 6.61 Å². The number of amides is 4. The lowest BCUT2D eigenvalue weighted by Crippen LogP contribution is -2.53. The van der Waals surface area contributed by atoms with E-state index in [1.807, 2.05) is 9.80 Å². The molecule has 3 fully saturated rings. The van der Waals surface area contributed by atoms with E-state index in [2.05, 4.69) is 5.32 Å². The summed E-state index contributed by atoms with van der Waals surface area (Å²) in [4.78, 5) is 41.8. The van der Waals surface area contributed by atoms with Crippen molar-refractivity contribution < 1.29 is 19.1 Å². The standard InChI is InChI=1S/C17H28N4O4/c1-2-25-17(24)21-11-9-19(10-12-21)15(22)13-5-7-20(8-6-13)16(23)18-14-3-4-14/h13-14H,2-12H2,1H3,(H,18,23). The van der Waals surface area contributed by atoms with Gasteiger partial charge in [-0.1, -0.05) is 0 Å². The van der Waals surface area contributed by atoms with Crippen LogP contribution in [0.25, 0.3) is 0 Å². The summed E-state index contributed by atoms with van der Waals surface area (Å²) in [5, 5.41) is 3.00. The predicted octanol–water partition coefficient (Wildman–Crippen LogP) is 0.871. The molecule has 3 aliphatic rings. The number of piperidine rings is 1. The SMILES string of the molecule is CCOC(=O)N1CCN(C(=O)C2CCN(C(=O)NC3CC3)CC2)CC1. The Balaban J connectivity index is 1.40. The number of urea groups is 1. The fourth-order valence-electron chi connectivity index (χ4n) is 3.41. The molecule has 0 atom stereocenters. The molecule has 0 unspecified atom stereocenters. The van der Waals surface area contributed by atoms with E-state index in [0.717, 1.165) is 25.7 Å². The summed E-state index contributed by atoms with van der Waals surface area (Å²) in [6.07, 6.45) is 3.30. The molecule has 0 spiro atoms. The van der Waals surface area contributed by atoms with Crippen molar-refractivity contribution in [2.75, 3.05) is 45.9 Å². The molecule has 1 N–H and O–H groups in total. The summed E-state index contributed by atoms with van der Waals surface area (Å²) in [7, 11) is 0. The quantitative estimate of drug-likeness (QED) is 0.817. The summed E-state index contributed by atoms with van der Waals surface area (Å²) in [5.74, 6) is 0.143. The number of carbonyl (C=O) groups excluding carboxylic acids is 3. The van der Waals surface area contributed by atoms with E-state index >= 15 is 0 Å². The molecule has 0 radical (unpaired) electrons. The third kappa shape index (κ3) is 4.55. The van der Waals surface area contributed by atoms with Crippen LogP contribution in [0, 0.1) is 5.92 Å². The number of hydrogen-bond acceptors (Lipinski definition) is 4. The van der Waals surface area contributed by atoms with Crippen LogP contribution >= 0.6 is 0 Å². The van der Waals surface area contributed by atoms with Gasteiger partial charge >= 0.3 is 12.1 Å². The van der Waals surface area contributed by atoms with Crippen molar-refractivity contribution in [1.82, 2.24) is 20.0 Å². The Labute approximate surface area is 148 Å². The van der Waals surface area contributed by atoms with E-state index in [9.17, 15) is 14.4 Å². The first-order chi connectivity index (χ1) is 12.1. The van der Waals surface area contributed by atoms with Crippen LogP contribution in [-0.4, -0.2) is 84.6 Å². The maximum Gasteiger partial charge on any atom is 0.409 e. The normalized spacial score (nSPS) is 21.9. The van der Waals surface area contributed by atoms with E-state index in [4.69, 9.17) is 4.74 Å². The average Bonchev–Trinajstić information content (AvgIpc) is 3.45. The second-order valence-electron chi connectivity index (χ2n) is 7.00. The van der Waals surface area contributed by atoms with Gasteiger partial charge in [0.2, 0.25) is 5.91 Å². The van der Waals surface area contributed by atoms with Crippen LogP contribution in [0.1, 0.15) is 32.6 Å². The van der Waals surface area contributed by atoms with Gasteiger partial charge in [-0.3, -0.25) is 4.79 Å². The van der Waals surface area contributed by atoms with Gasteiger partial charge in [0.1, 0.15) is 0 Å². The van der Waals surface area contributed by atoms with Crippen molar-refractivity contribution in [2.24, 2.45) is 5.92 Å². The van der Waals surface area contributed by atoms with E-state index in [0.29, 0.717) is 51.9 Å². The Morgan fingerprint density at radius 1 is 0.880 bits per heavy atom. The third-order valence-electron chi connectivity index (χ3n) is 5.15. The number of nitrogens with one attached hydrogen (secondary N) is 1. The molecular formula is C17H28N4O4. The van der Waals surface area contributed by atoms with Crippen LogP contribution < -0.4 is 5.32 Å². The number of piperazine rings is 1. The smallest absolute Gasteiger partial charge is 0.409 e. The lowest BCUT2D eigenvalue weighted by molar-refractivity contribution is -0.138. The van der Waals surface area contributed by atoms with Gasteiger partial charge in [0, 0.05) is 51.2 Å². The Hall–Kier alpha value is -1.99. The molecule has 0 aromatic rings. The summed E-state index contributed by atoms with van der Waals surface area (Å²) >= 11 is 0. The lowest BCUT2D eigenvalue weighted by atomic mass is 9.95. The highest BCUT2D eigenvalue weighted by Crippen LogP contribution is 2.23. The fraction of sp³-hybridized carbons (Fsp3) is 0.824. The lowest BCUT2D eigenvalue weighted by Gasteiger charge is -2.38. The van der Waals surface area contributed by atoms with E-state index < -0.39 is 0 Å². The minimum absolute atomic E-state index is 0.0106. The van der Waals surface area contributed by atoms with Crippen LogP contribution in [0.5, 0.6) is 0 Å². The van der Waals surface area contributed by atoms with Gasteiger partial charge in [-0.15, -0.1) is 0 Å². The summed E-state index contributed by atoms with van der Waals surface area (Å²) in [5.41, 5.74) is 0. The molecule has 140 valence electrons. The molecule has 25 heavy (non-hydrogen) atoms. The topological polar surface area (TPSA) is 82.2 Å². The zero-order valence-corrected chi connectivity index (χ0v) is 14.9. The van der Waals surface area contributed by atoms with Gasteiger partial charge in [0.25, 0.3) is 0 Å². The van der Waals surface area contributed by atoms with Crippen molar-refractivity contribution >= 4 is 18.0 Å². The maximum absolute atomic E-state index is 12.7. The molecule has 2 saturated heterocycles. The number of carbonyl (C=O) groups is 3. The van der Waals surface area contributed by atoms with Gasteiger partial charge in [-0.2, -0.15) is 0 Å². The van der Waals surface area contributed by atoms with Crippen LogP contribution in [0.3, 0.4) is 0 Å². The molecule has 0 aromatic carbocycles. The highest BCUT2D eigenvalue weighted by Gasteiger charge is 2.33. The van der Waals surface area contributed by atoms with Crippen molar-refractivity contribution in [3.63, 3.8) is 0 Å². The molecule has 4 amide bonds. The first-order valence-corrected chi connectivity index (χ1v) is 9.34. The number of rotatable bonds is 3. The highest BCUT2D eigenvalue weighted by atomic mass is 16.6. The number of nitrogens with zero attached hydrogens (tertiary/aromatic N) is 3. The highest BCUT2D eigenvalue weighted by molar-refractivity contribution is 5.80. The predicted molar refractivity (Wildman–Crippen MR) is 91.0 cm³/mol. The van der Waals surface area contributed by atoms with Gasteiger partial charge in [-0.25, -0.2) is 9.59 Å². The second kappa shape index (κ2) is 7.93. The van der Waals surface area contributed by atoms with Crippen molar-refractivity contribution in [1.29, 1.82) is 0 Å². The molecule has 2 aliphatic heterocycles. The average molecular weight is 352 g/mol. The fourth-order valence-corrected chi connectivity index (χ4v) is 3.41. The monoisotopic (exact) mass is 352 g/mol. The molecule has 8 heteroatoms. The first kappa shape index (κ1) is 17.8. The number of hydrogen-bond donors (Lipinski definition) is 1.